The summed E-state index contributed by atoms with van der Waals surface area (Å²) in [6.07, 6.45) is 3.46. The zero-order valence-electron chi connectivity index (χ0n) is 12.0. The van der Waals surface area contributed by atoms with Crippen molar-refractivity contribution in [2.24, 2.45) is 5.92 Å². The van der Waals surface area contributed by atoms with Crippen molar-refractivity contribution in [1.82, 2.24) is 9.88 Å². The Morgan fingerprint density at radius 2 is 2.11 bits per heavy atom. The lowest BCUT2D eigenvalue weighted by Crippen LogP contribution is -2.11. The Balaban J connectivity index is 2.35. The standard InChI is InChI=1S/C16H23ClN2/c1-4-18-10-13-11-19(8-7-12(2)3)16-9-14(17)5-6-15(13)16/h5-6,9,11-12,18H,4,7-8,10H2,1-3H3. The molecule has 1 aromatic carbocycles. The molecule has 0 aliphatic rings. The minimum Gasteiger partial charge on any atom is -0.347 e. The van der Waals surface area contributed by atoms with E-state index in [0.717, 1.165) is 24.7 Å². The molecular formula is C16H23ClN2. The minimum absolute atomic E-state index is 0.717. The number of hydrogen-bond acceptors (Lipinski definition) is 1. The summed E-state index contributed by atoms with van der Waals surface area (Å²) in [7, 11) is 0. The molecule has 0 aliphatic heterocycles. The number of fused-ring (bicyclic) bond motifs is 1. The molecule has 1 N–H and O–H groups in total. The molecule has 0 amide bonds. The molecule has 0 radical (unpaired) electrons. The summed E-state index contributed by atoms with van der Waals surface area (Å²) >= 11 is 6.14. The molecule has 2 rings (SSSR count). The van der Waals surface area contributed by atoms with Crippen molar-refractivity contribution in [1.29, 1.82) is 0 Å². The third-order valence-electron chi connectivity index (χ3n) is 3.44. The summed E-state index contributed by atoms with van der Waals surface area (Å²) in [5.74, 6) is 0.717. The first-order valence-corrected chi connectivity index (χ1v) is 7.47. The number of hydrogen-bond donors (Lipinski definition) is 1. The largest absolute Gasteiger partial charge is 0.347 e. The van der Waals surface area contributed by atoms with Gasteiger partial charge in [0.15, 0.2) is 0 Å². The Hall–Kier alpha value is -0.990. The second-order valence-corrected chi connectivity index (χ2v) is 5.91. The first kappa shape index (κ1) is 14.4. The van der Waals surface area contributed by atoms with Crippen molar-refractivity contribution in [2.45, 2.75) is 40.3 Å². The fourth-order valence-electron chi connectivity index (χ4n) is 2.32. The van der Waals surface area contributed by atoms with Crippen LogP contribution in [0.1, 0.15) is 32.8 Å². The van der Waals surface area contributed by atoms with Crippen molar-refractivity contribution in [3.8, 4) is 0 Å². The zero-order chi connectivity index (χ0) is 13.8. The molecule has 2 aromatic rings. The summed E-state index contributed by atoms with van der Waals surface area (Å²) in [6, 6.07) is 6.19. The fraction of sp³-hybridized carbons (Fsp3) is 0.500. The third kappa shape index (κ3) is 3.52. The van der Waals surface area contributed by atoms with Gasteiger partial charge < -0.3 is 9.88 Å². The molecule has 3 heteroatoms. The summed E-state index contributed by atoms with van der Waals surface area (Å²) < 4.78 is 2.34. The van der Waals surface area contributed by atoms with Gasteiger partial charge in [-0.05, 0) is 36.6 Å². The molecule has 19 heavy (non-hydrogen) atoms. The van der Waals surface area contributed by atoms with E-state index < -0.39 is 0 Å². The third-order valence-corrected chi connectivity index (χ3v) is 3.67. The number of benzene rings is 1. The van der Waals surface area contributed by atoms with Crippen LogP contribution in [0.4, 0.5) is 0 Å². The highest BCUT2D eigenvalue weighted by molar-refractivity contribution is 6.31. The Morgan fingerprint density at radius 1 is 1.32 bits per heavy atom. The molecule has 0 bridgehead atoms. The van der Waals surface area contributed by atoms with Crippen LogP contribution in [-0.4, -0.2) is 11.1 Å². The van der Waals surface area contributed by atoms with Crippen LogP contribution in [0.3, 0.4) is 0 Å². The van der Waals surface area contributed by atoms with Crippen LogP contribution in [0.5, 0.6) is 0 Å². The van der Waals surface area contributed by atoms with E-state index in [4.69, 9.17) is 11.6 Å². The van der Waals surface area contributed by atoms with Crippen LogP contribution in [0.2, 0.25) is 5.02 Å². The minimum atomic E-state index is 0.717. The molecule has 0 saturated carbocycles. The van der Waals surface area contributed by atoms with Crippen LogP contribution in [0.15, 0.2) is 24.4 Å². The molecular weight excluding hydrogens is 256 g/mol. The molecule has 0 aliphatic carbocycles. The van der Waals surface area contributed by atoms with E-state index in [1.807, 2.05) is 6.07 Å². The predicted octanol–water partition coefficient (Wildman–Crippen LogP) is 4.45. The monoisotopic (exact) mass is 278 g/mol. The van der Waals surface area contributed by atoms with E-state index in [9.17, 15) is 0 Å². The molecule has 2 nitrogen and oxygen atoms in total. The molecule has 1 aromatic heterocycles. The topological polar surface area (TPSA) is 17.0 Å². The first-order valence-electron chi connectivity index (χ1n) is 7.09. The molecule has 1 heterocycles. The van der Waals surface area contributed by atoms with E-state index in [2.05, 4.69) is 49.0 Å². The van der Waals surface area contributed by atoms with Crippen molar-refractivity contribution >= 4 is 22.5 Å². The van der Waals surface area contributed by atoms with Crippen molar-refractivity contribution < 1.29 is 0 Å². The van der Waals surface area contributed by atoms with Gasteiger partial charge >= 0.3 is 0 Å². The molecule has 0 spiro atoms. The number of aromatic nitrogens is 1. The normalized spacial score (nSPS) is 11.6. The Kier molecular flexibility index (Phi) is 4.89. The highest BCUT2D eigenvalue weighted by Gasteiger charge is 2.09. The fourth-order valence-corrected chi connectivity index (χ4v) is 2.49. The van der Waals surface area contributed by atoms with Gasteiger partial charge in [-0.15, -0.1) is 0 Å². The molecule has 0 unspecified atom stereocenters. The highest BCUT2D eigenvalue weighted by atomic mass is 35.5. The molecule has 0 atom stereocenters. The maximum absolute atomic E-state index is 6.14. The van der Waals surface area contributed by atoms with Crippen LogP contribution >= 0.6 is 11.6 Å². The van der Waals surface area contributed by atoms with E-state index in [0.29, 0.717) is 5.92 Å². The van der Waals surface area contributed by atoms with Gasteiger partial charge in [-0.2, -0.15) is 0 Å². The van der Waals surface area contributed by atoms with Gasteiger partial charge in [0.2, 0.25) is 0 Å². The van der Waals surface area contributed by atoms with E-state index in [1.54, 1.807) is 0 Å². The van der Waals surface area contributed by atoms with Gasteiger partial charge in [-0.1, -0.05) is 38.4 Å². The SMILES string of the molecule is CCNCc1cn(CCC(C)C)c2cc(Cl)ccc12. The smallest absolute Gasteiger partial charge is 0.0498 e. The van der Waals surface area contributed by atoms with Crippen LogP contribution in [0.25, 0.3) is 10.9 Å². The Morgan fingerprint density at radius 3 is 2.79 bits per heavy atom. The van der Waals surface area contributed by atoms with E-state index >= 15 is 0 Å². The van der Waals surface area contributed by atoms with Crippen LogP contribution in [-0.2, 0) is 13.1 Å². The molecule has 104 valence electrons. The average Bonchev–Trinajstić information content (AvgIpc) is 2.71. The number of nitrogens with zero attached hydrogens (tertiary/aromatic N) is 1. The summed E-state index contributed by atoms with van der Waals surface area (Å²) in [5, 5.41) is 5.53. The van der Waals surface area contributed by atoms with Crippen LogP contribution in [0, 0.1) is 5.92 Å². The van der Waals surface area contributed by atoms with Crippen molar-refractivity contribution in [3.63, 3.8) is 0 Å². The Labute approximate surface area is 120 Å². The molecule has 0 fully saturated rings. The van der Waals surface area contributed by atoms with E-state index in [-0.39, 0.29) is 0 Å². The van der Waals surface area contributed by atoms with Gasteiger partial charge in [0.25, 0.3) is 0 Å². The zero-order valence-corrected chi connectivity index (χ0v) is 12.8. The lowest BCUT2D eigenvalue weighted by molar-refractivity contribution is 0.523. The van der Waals surface area contributed by atoms with Crippen molar-refractivity contribution in [2.75, 3.05) is 6.54 Å². The number of halogens is 1. The van der Waals surface area contributed by atoms with Gasteiger partial charge in [-0.25, -0.2) is 0 Å². The maximum atomic E-state index is 6.14. The predicted molar refractivity (Wildman–Crippen MR) is 83.8 cm³/mol. The summed E-state index contributed by atoms with van der Waals surface area (Å²) in [5.41, 5.74) is 2.61. The van der Waals surface area contributed by atoms with Gasteiger partial charge in [0.1, 0.15) is 0 Å². The van der Waals surface area contributed by atoms with Gasteiger partial charge in [-0.3, -0.25) is 0 Å². The van der Waals surface area contributed by atoms with Crippen LogP contribution < -0.4 is 5.32 Å². The summed E-state index contributed by atoms with van der Waals surface area (Å²) in [6.45, 7) is 9.63. The van der Waals surface area contributed by atoms with E-state index in [1.165, 1.54) is 22.9 Å². The second-order valence-electron chi connectivity index (χ2n) is 5.47. The van der Waals surface area contributed by atoms with Gasteiger partial charge in [0, 0.05) is 35.2 Å². The average molecular weight is 279 g/mol. The number of rotatable bonds is 6. The maximum Gasteiger partial charge on any atom is 0.0498 e. The lowest BCUT2D eigenvalue weighted by Gasteiger charge is -2.07. The Bertz CT molecular complexity index is 543. The summed E-state index contributed by atoms with van der Waals surface area (Å²) in [4.78, 5) is 0. The highest BCUT2D eigenvalue weighted by Crippen LogP contribution is 2.25. The van der Waals surface area contributed by atoms with Gasteiger partial charge in [0.05, 0.1) is 0 Å². The van der Waals surface area contributed by atoms with Crippen molar-refractivity contribution in [3.05, 3.63) is 35.0 Å². The number of nitrogens with one attached hydrogen (secondary N) is 1. The number of aryl methyl sites for hydroxylation is 1. The second kappa shape index (κ2) is 6.44. The quantitative estimate of drug-likeness (QED) is 0.826. The lowest BCUT2D eigenvalue weighted by atomic mass is 10.1. The first-order chi connectivity index (χ1) is 9.11. The molecule has 0 saturated heterocycles.